The first-order valence-electron chi connectivity index (χ1n) is 9.25. The van der Waals surface area contributed by atoms with Crippen LogP contribution in [-0.4, -0.2) is 49.8 Å². The molecule has 1 amide bonds. The zero-order chi connectivity index (χ0) is 21.9. The monoisotopic (exact) mass is 438 g/mol. The summed E-state index contributed by atoms with van der Waals surface area (Å²) in [5.74, 6) is -0.187. The molecule has 0 saturated heterocycles. The molecule has 0 aromatic rings. The number of ether oxygens (including phenoxy) is 1. The number of hydrogen-bond donors (Lipinski definition) is 1. The zero-order valence-corrected chi connectivity index (χ0v) is 23.0. The van der Waals surface area contributed by atoms with Crippen molar-refractivity contribution in [3.8, 4) is 0 Å². The third-order valence-electron chi connectivity index (χ3n) is 4.04. The van der Waals surface area contributed by atoms with E-state index in [1.54, 1.807) is 12.3 Å². The van der Waals surface area contributed by atoms with Crippen molar-refractivity contribution in [2.75, 3.05) is 27.5 Å². The van der Waals surface area contributed by atoms with Gasteiger partial charge in [-0.1, -0.05) is 45.2 Å². The second-order valence-corrected chi connectivity index (χ2v) is 5.46. The topological polar surface area (TPSA) is 72.6 Å². The Hall–Kier alpha value is 0.106. The predicted molar refractivity (Wildman–Crippen MR) is 118 cm³/mol. The van der Waals surface area contributed by atoms with Crippen molar-refractivity contribution in [1.82, 2.24) is 4.90 Å². The van der Waals surface area contributed by atoms with Crippen molar-refractivity contribution in [3.05, 3.63) is 37.0 Å². The summed E-state index contributed by atoms with van der Waals surface area (Å²) < 4.78 is 4.57. The van der Waals surface area contributed by atoms with Crippen molar-refractivity contribution < 1.29 is 65.7 Å². The number of carbonyl (C=O) groups excluding carboxylic acids is 2. The summed E-state index contributed by atoms with van der Waals surface area (Å²) in [6.07, 6.45) is 11.1. The van der Waals surface area contributed by atoms with Crippen LogP contribution >= 0.6 is 0 Å². The number of methoxy groups -OCH3 is 1. The van der Waals surface area contributed by atoms with Crippen molar-refractivity contribution in [2.45, 2.75) is 57.9 Å². The Labute approximate surface area is 221 Å². The number of nitrogens with two attached hydrogens (primary N) is 1. The minimum Gasteiger partial charge on any atom is -0.796 e. The molecule has 1 fully saturated rings. The van der Waals surface area contributed by atoms with Gasteiger partial charge in [0.05, 0.1) is 7.11 Å². The summed E-state index contributed by atoms with van der Waals surface area (Å²) in [5.41, 5.74) is 5.52. The fourth-order valence-corrected chi connectivity index (χ4v) is 2.42. The number of carbonyl (C=O) groups is 2. The molecule has 0 radical (unpaired) electrons. The van der Waals surface area contributed by atoms with Gasteiger partial charge in [-0.25, -0.2) is 0 Å². The summed E-state index contributed by atoms with van der Waals surface area (Å²) in [4.78, 5) is 25.1. The quantitative estimate of drug-likeness (QED) is 0.249. The zero-order valence-electron chi connectivity index (χ0n) is 19.0. The maximum Gasteiger partial charge on any atom is 1.00 e. The molecule has 158 valence electrons. The Bertz CT molecular complexity index is 465. The van der Waals surface area contributed by atoms with Crippen molar-refractivity contribution in [2.24, 2.45) is 5.73 Å². The molecule has 28 heavy (non-hydrogen) atoms. The molecule has 1 saturated carbocycles. The summed E-state index contributed by atoms with van der Waals surface area (Å²) >= 11 is 4.08. The van der Waals surface area contributed by atoms with Gasteiger partial charge in [0, 0.05) is 25.4 Å². The van der Waals surface area contributed by atoms with E-state index in [4.69, 9.17) is 0 Å². The maximum atomic E-state index is 12.2. The summed E-state index contributed by atoms with van der Waals surface area (Å²) in [7, 11) is 4.71. The second-order valence-electron chi connectivity index (χ2n) is 5.46. The van der Waals surface area contributed by atoms with Gasteiger partial charge < -0.3 is 28.0 Å². The Balaban J connectivity index is -0.000000374. The minimum atomic E-state index is -0.269. The minimum absolute atomic E-state index is 0. The molecule has 1 aliphatic rings. The Morgan fingerprint density at radius 1 is 1.18 bits per heavy atom. The molecule has 0 atom stereocenters. The van der Waals surface area contributed by atoms with E-state index in [0.29, 0.717) is 12.8 Å². The van der Waals surface area contributed by atoms with Crippen LogP contribution in [-0.2, 0) is 27.0 Å². The SMILES string of the molecule is C=C/C=C(\C=C)CC1(N(C)C(=O)CCCC(=O)OC)CC1.CC.CN.C[S-].[K+]. The molecule has 0 aromatic heterocycles. The van der Waals surface area contributed by atoms with Crippen LogP contribution in [0.5, 0.6) is 0 Å². The van der Waals surface area contributed by atoms with Gasteiger partial charge in [0.15, 0.2) is 0 Å². The fraction of sp³-hybridized carbons (Fsp3) is 0.619. The van der Waals surface area contributed by atoms with Gasteiger partial charge >= 0.3 is 57.4 Å². The van der Waals surface area contributed by atoms with Gasteiger partial charge in [0.2, 0.25) is 5.91 Å². The van der Waals surface area contributed by atoms with Crippen LogP contribution in [0.15, 0.2) is 37.0 Å². The number of nitrogens with zero attached hydrogens (tertiary/aromatic N) is 1. The van der Waals surface area contributed by atoms with E-state index in [-0.39, 0.29) is 75.2 Å². The molecule has 0 heterocycles. The molecule has 0 aliphatic heterocycles. The summed E-state index contributed by atoms with van der Waals surface area (Å²) in [5, 5.41) is 0. The van der Waals surface area contributed by atoms with Crippen LogP contribution in [0.25, 0.3) is 0 Å². The van der Waals surface area contributed by atoms with Crippen molar-refractivity contribution in [3.63, 3.8) is 0 Å². The normalized spacial score (nSPS) is 12.6. The summed E-state index contributed by atoms with van der Waals surface area (Å²) in [6.45, 7) is 11.5. The van der Waals surface area contributed by atoms with E-state index in [1.807, 2.05) is 37.9 Å². The van der Waals surface area contributed by atoms with Gasteiger partial charge in [0.25, 0.3) is 0 Å². The number of rotatable bonds is 9. The summed E-state index contributed by atoms with van der Waals surface area (Å²) in [6, 6.07) is 0. The standard InChI is InChI=1S/C17H25NO3.C2H6.CH5N.CH4S.K/c1-5-8-14(6-2)13-17(11-12-17)18(3)15(19)9-7-10-16(20)21-4;3*1-2;/h5-6,8H,1-2,7,9-13H2,3-4H3;1-2H3;2H2,1H3;2H,1H3;/q;;;;+1/p-1/b14-8+;;;;. The number of esters is 1. The molecule has 5 nitrogen and oxygen atoms in total. The average molecular weight is 439 g/mol. The molecule has 0 bridgehead atoms. The van der Waals surface area contributed by atoms with Gasteiger partial charge in [-0.2, -0.15) is 6.26 Å². The fourth-order valence-electron chi connectivity index (χ4n) is 2.42. The van der Waals surface area contributed by atoms with Gasteiger partial charge in [0.1, 0.15) is 0 Å². The van der Waals surface area contributed by atoms with Gasteiger partial charge in [-0.15, -0.1) is 0 Å². The second kappa shape index (κ2) is 23.4. The number of allylic oxidation sites excluding steroid dienone is 3. The Morgan fingerprint density at radius 2 is 1.68 bits per heavy atom. The van der Waals surface area contributed by atoms with E-state index in [2.05, 4.69) is 36.3 Å². The van der Waals surface area contributed by atoms with Crippen molar-refractivity contribution >= 4 is 24.5 Å². The Kier molecular flexibility index (Phi) is 29.7. The molecule has 0 spiro atoms. The largest absolute Gasteiger partial charge is 1.00 e. The molecule has 0 aromatic carbocycles. The molecule has 1 rings (SSSR count). The molecule has 7 heteroatoms. The third-order valence-corrected chi connectivity index (χ3v) is 4.04. The predicted octanol–water partition coefficient (Wildman–Crippen LogP) is 0.777. The smallest absolute Gasteiger partial charge is 0.796 e. The van der Waals surface area contributed by atoms with Crippen LogP contribution in [0.3, 0.4) is 0 Å². The molecule has 1 aliphatic carbocycles. The van der Waals surface area contributed by atoms with E-state index in [1.165, 1.54) is 14.2 Å². The third kappa shape index (κ3) is 15.0. The van der Waals surface area contributed by atoms with Crippen LogP contribution in [0.4, 0.5) is 0 Å². The van der Waals surface area contributed by atoms with Gasteiger partial charge in [-0.3, -0.25) is 9.59 Å². The van der Waals surface area contributed by atoms with E-state index < -0.39 is 0 Å². The maximum absolute atomic E-state index is 12.2. The first kappa shape index (κ1) is 35.5. The first-order chi connectivity index (χ1) is 13.0. The van der Waals surface area contributed by atoms with Crippen molar-refractivity contribution in [1.29, 1.82) is 0 Å². The van der Waals surface area contributed by atoms with Crippen LogP contribution in [0, 0.1) is 0 Å². The molecule has 2 N–H and O–H groups in total. The van der Waals surface area contributed by atoms with E-state index in [9.17, 15) is 9.59 Å². The van der Waals surface area contributed by atoms with Crippen LogP contribution < -0.4 is 57.1 Å². The number of hydrogen-bond acceptors (Lipinski definition) is 5. The Morgan fingerprint density at radius 3 is 2.04 bits per heavy atom. The van der Waals surface area contributed by atoms with Crippen LogP contribution in [0.1, 0.15) is 52.4 Å². The first-order valence-corrected chi connectivity index (χ1v) is 10.1. The molecular formula is C21H39KN2O3S. The van der Waals surface area contributed by atoms with Crippen LogP contribution in [0.2, 0.25) is 0 Å². The van der Waals surface area contributed by atoms with E-state index >= 15 is 0 Å². The molecular weight excluding hydrogens is 399 g/mol. The average Bonchev–Trinajstić information content (AvgIpc) is 3.51. The van der Waals surface area contributed by atoms with E-state index in [0.717, 1.165) is 24.8 Å². The molecule has 0 unspecified atom stereocenters. The number of amides is 1. The van der Waals surface area contributed by atoms with Gasteiger partial charge in [-0.05, 0) is 38.3 Å².